The number of rotatable bonds is 5. The maximum absolute atomic E-state index is 12.9. The van der Waals surface area contributed by atoms with E-state index in [4.69, 9.17) is 0 Å². The minimum atomic E-state index is -4.53. The van der Waals surface area contributed by atoms with Crippen LogP contribution in [0, 0.1) is 0 Å². The van der Waals surface area contributed by atoms with Gasteiger partial charge in [-0.2, -0.15) is 13.2 Å². The van der Waals surface area contributed by atoms with Crippen LogP contribution in [-0.4, -0.2) is 50.9 Å². The average Bonchev–Trinajstić information content (AvgIpc) is 3.19. The Hall–Kier alpha value is -2.94. The summed E-state index contributed by atoms with van der Waals surface area (Å²) < 4.78 is 38.7. The van der Waals surface area contributed by atoms with E-state index in [1.807, 2.05) is 0 Å². The van der Waals surface area contributed by atoms with Crippen molar-refractivity contribution in [3.63, 3.8) is 0 Å². The second-order valence-electron chi connectivity index (χ2n) is 7.35. The van der Waals surface area contributed by atoms with Gasteiger partial charge in [0.1, 0.15) is 11.4 Å². The predicted octanol–water partition coefficient (Wildman–Crippen LogP) is 4.31. The van der Waals surface area contributed by atoms with Gasteiger partial charge in [0.25, 0.3) is 0 Å². The minimum absolute atomic E-state index is 0.186. The summed E-state index contributed by atoms with van der Waals surface area (Å²) in [5.74, 6) is 0.0682. The summed E-state index contributed by atoms with van der Waals surface area (Å²) in [5, 5.41) is 23.4. The summed E-state index contributed by atoms with van der Waals surface area (Å²) in [4.78, 5) is 6.57. The smallest absolute Gasteiger partial charge is 0.416 e. The second kappa shape index (κ2) is 8.06. The van der Waals surface area contributed by atoms with Gasteiger partial charge in [-0.15, -0.1) is 10.2 Å². The number of anilines is 1. The first-order chi connectivity index (χ1) is 14.4. The number of likely N-dealkylation sites (tertiary alicyclic amines) is 1. The molecule has 2 N–H and O–H groups in total. The fraction of sp³-hybridized carbons (Fsp3) is 0.381. The van der Waals surface area contributed by atoms with Gasteiger partial charge in [0.05, 0.1) is 5.56 Å². The van der Waals surface area contributed by atoms with Crippen molar-refractivity contribution in [1.82, 2.24) is 20.1 Å². The van der Waals surface area contributed by atoms with Crippen LogP contribution in [0.1, 0.15) is 25.3 Å². The molecule has 9 heteroatoms. The average molecular weight is 417 g/mol. The molecular formula is C21H22F3N5O. The lowest BCUT2D eigenvalue weighted by molar-refractivity contribution is -0.137. The highest BCUT2D eigenvalue weighted by Gasteiger charge is 2.31. The number of hydrogen-bond acceptors (Lipinski definition) is 6. The van der Waals surface area contributed by atoms with Crippen molar-refractivity contribution in [3.05, 3.63) is 42.2 Å². The summed E-state index contributed by atoms with van der Waals surface area (Å²) in [5.41, 5.74) is -0.426. The first-order valence-corrected chi connectivity index (χ1v) is 9.87. The van der Waals surface area contributed by atoms with Gasteiger partial charge in [-0.05, 0) is 50.2 Å². The molecule has 3 heterocycles. The molecule has 1 fully saturated rings. The number of hydrogen-bond donors (Lipinski definition) is 2. The molecule has 1 saturated heterocycles. The maximum atomic E-state index is 12.9. The summed E-state index contributed by atoms with van der Waals surface area (Å²) >= 11 is 0. The number of nitrogens with one attached hydrogen (secondary N) is 1. The summed E-state index contributed by atoms with van der Waals surface area (Å²) in [6, 6.07) is 4.98. The van der Waals surface area contributed by atoms with Crippen LogP contribution in [0.3, 0.4) is 0 Å². The van der Waals surface area contributed by atoms with Crippen molar-refractivity contribution < 1.29 is 18.3 Å². The van der Waals surface area contributed by atoms with Crippen LogP contribution in [0.15, 0.2) is 36.7 Å². The van der Waals surface area contributed by atoms with E-state index in [-0.39, 0.29) is 5.56 Å². The van der Waals surface area contributed by atoms with Gasteiger partial charge in [-0.3, -0.25) is 9.88 Å². The molecule has 1 aliphatic rings. The number of phenols is 1. The summed E-state index contributed by atoms with van der Waals surface area (Å²) in [6.45, 7) is 4.94. The normalized spacial score (nSPS) is 17.5. The number of fused-ring (bicyclic) bond motifs is 1. The molecule has 0 unspecified atom stereocenters. The summed E-state index contributed by atoms with van der Waals surface area (Å²) in [7, 11) is 0. The number of aromatic hydroxyl groups is 1. The number of alkyl halides is 3. The Balaban J connectivity index is 1.68. The van der Waals surface area contributed by atoms with Crippen molar-refractivity contribution in [1.29, 1.82) is 0 Å². The fourth-order valence-electron chi connectivity index (χ4n) is 3.99. The zero-order valence-electron chi connectivity index (χ0n) is 16.4. The van der Waals surface area contributed by atoms with Gasteiger partial charge >= 0.3 is 6.18 Å². The molecule has 3 aromatic rings. The van der Waals surface area contributed by atoms with Crippen molar-refractivity contribution in [2.24, 2.45) is 0 Å². The van der Waals surface area contributed by atoms with Crippen molar-refractivity contribution in [2.75, 3.05) is 25.0 Å². The molecule has 1 aliphatic heterocycles. The number of aromatic nitrogens is 3. The van der Waals surface area contributed by atoms with Crippen LogP contribution in [0.4, 0.5) is 19.0 Å². The molecule has 0 amide bonds. The Kier molecular flexibility index (Phi) is 5.46. The lowest BCUT2D eigenvalue weighted by atomic mass is 10.0. The molecule has 4 rings (SSSR count). The molecule has 1 aromatic carbocycles. The van der Waals surface area contributed by atoms with Gasteiger partial charge in [-0.25, -0.2) is 0 Å². The highest BCUT2D eigenvalue weighted by atomic mass is 19.4. The second-order valence-corrected chi connectivity index (χ2v) is 7.35. The van der Waals surface area contributed by atoms with E-state index in [1.165, 1.54) is 12.5 Å². The van der Waals surface area contributed by atoms with E-state index in [0.717, 1.165) is 32.1 Å². The Morgan fingerprint density at radius 1 is 1.20 bits per heavy atom. The van der Waals surface area contributed by atoms with E-state index < -0.39 is 17.5 Å². The van der Waals surface area contributed by atoms with E-state index in [2.05, 4.69) is 32.3 Å². The molecule has 0 saturated carbocycles. The molecule has 158 valence electrons. The van der Waals surface area contributed by atoms with E-state index in [0.29, 0.717) is 34.4 Å². The number of likely N-dealkylation sites (N-methyl/N-ethyl adjacent to an activating group) is 1. The Morgan fingerprint density at radius 3 is 2.77 bits per heavy atom. The third kappa shape index (κ3) is 3.89. The number of phenolic OH excluding ortho intramolecular Hbond substituents is 1. The molecule has 1 atom stereocenters. The molecule has 2 aromatic heterocycles. The lowest BCUT2D eigenvalue weighted by Crippen LogP contribution is -2.34. The van der Waals surface area contributed by atoms with Crippen LogP contribution in [-0.2, 0) is 6.18 Å². The Morgan fingerprint density at radius 2 is 2.03 bits per heavy atom. The number of pyridine rings is 1. The SMILES string of the molecule is CCN1CCC[C@H]1CNc1nnc(-c2ccc(C(F)(F)F)cc2O)c2ccncc12. The van der Waals surface area contributed by atoms with Crippen molar-refractivity contribution >= 4 is 16.6 Å². The van der Waals surface area contributed by atoms with Crippen LogP contribution in [0.5, 0.6) is 5.75 Å². The topological polar surface area (TPSA) is 74.2 Å². The molecule has 6 nitrogen and oxygen atoms in total. The molecule has 0 radical (unpaired) electrons. The van der Waals surface area contributed by atoms with Crippen LogP contribution in [0.25, 0.3) is 22.0 Å². The van der Waals surface area contributed by atoms with E-state index in [9.17, 15) is 18.3 Å². The lowest BCUT2D eigenvalue weighted by Gasteiger charge is -2.23. The molecular weight excluding hydrogens is 395 g/mol. The minimum Gasteiger partial charge on any atom is -0.507 e. The monoisotopic (exact) mass is 417 g/mol. The Bertz CT molecular complexity index is 1060. The van der Waals surface area contributed by atoms with Crippen LogP contribution in [0.2, 0.25) is 0 Å². The van der Waals surface area contributed by atoms with Gasteiger partial charge in [-0.1, -0.05) is 6.92 Å². The standard InChI is InChI=1S/C21H22F3N5O/c1-2-29-9-3-4-14(29)11-26-20-17-12-25-8-7-15(17)19(27-28-20)16-6-5-13(10-18(16)30)21(22,23)24/h5-8,10,12,14,30H,2-4,9,11H2,1H3,(H,26,28)/t14-/m0/s1. The van der Waals surface area contributed by atoms with Crippen molar-refractivity contribution in [2.45, 2.75) is 32.0 Å². The number of benzene rings is 1. The number of nitrogens with zero attached hydrogens (tertiary/aromatic N) is 4. The zero-order chi connectivity index (χ0) is 21.3. The largest absolute Gasteiger partial charge is 0.507 e. The molecule has 0 spiro atoms. The molecule has 0 aliphatic carbocycles. The fourth-order valence-corrected chi connectivity index (χ4v) is 3.99. The first kappa shape index (κ1) is 20.3. The highest BCUT2D eigenvalue weighted by molar-refractivity contribution is 6.00. The van der Waals surface area contributed by atoms with Gasteiger partial charge < -0.3 is 10.4 Å². The highest BCUT2D eigenvalue weighted by Crippen LogP contribution is 2.38. The zero-order valence-corrected chi connectivity index (χ0v) is 16.4. The third-order valence-corrected chi connectivity index (χ3v) is 5.57. The quantitative estimate of drug-likeness (QED) is 0.644. The first-order valence-electron chi connectivity index (χ1n) is 9.87. The van der Waals surface area contributed by atoms with Gasteiger partial charge in [0, 0.05) is 41.3 Å². The predicted molar refractivity (Wildman–Crippen MR) is 108 cm³/mol. The van der Waals surface area contributed by atoms with E-state index >= 15 is 0 Å². The Labute approximate surface area is 171 Å². The van der Waals surface area contributed by atoms with Crippen molar-refractivity contribution in [3.8, 4) is 17.0 Å². The van der Waals surface area contributed by atoms with Crippen LogP contribution >= 0.6 is 0 Å². The maximum Gasteiger partial charge on any atom is 0.416 e. The van der Waals surface area contributed by atoms with Crippen LogP contribution < -0.4 is 5.32 Å². The van der Waals surface area contributed by atoms with E-state index in [1.54, 1.807) is 18.5 Å². The molecule has 0 bridgehead atoms. The number of halogens is 3. The third-order valence-electron chi connectivity index (χ3n) is 5.57. The van der Waals surface area contributed by atoms with Gasteiger partial charge in [0.15, 0.2) is 5.82 Å². The van der Waals surface area contributed by atoms with Gasteiger partial charge in [0.2, 0.25) is 0 Å². The summed E-state index contributed by atoms with van der Waals surface area (Å²) in [6.07, 6.45) is 0.966. The molecule has 30 heavy (non-hydrogen) atoms.